The number of rotatable bonds is 3. The minimum atomic E-state index is 0.275. The van der Waals surface area contributed by atoms with Crippen LogP contribution in [0.4, 0.5) is 17.1 Å². The van der Waals surface area contributed by atoms with Gasteiger partial charge in [0.25, 0.3) is 0 Å². The van der Waals surface area contributed by atoms with E-state index < -0.39 is 0 Å². The molecular formula is C23H27NO. The van der Waals surface area contributed by atoms with E-state index in [1.807, 2.05) is 12.1 Å². The molecule has 0 spiro atoms. The van der Waals surface area contributed by atoms with E-state index in [9.17, 15) is 5.11 Å². The highest BCUT2D eigenvalue weighted by atomic mass is 16.3. The second kappa shape index (κ2) is 8.93. The van der Waals surface area contributed by atoms with E-state index in [2.05, 4.69) is 81.1 Å². The van der Waals surface area contributed by atoms with Gasteiger partial charge in [0, 0.05) is 17.1 Å². The lowest BCUT2D eigenvalue weighted by atomic mass is 10.1. The number of phenols is 1. The maximum atomic E-state index is 9.53. The molecule has 130 valence electrons. The molecule has 2 heteroatoms. The number of benzene rings is 3. The van der Waals surface area contributed by atoms with Crippen LogP contribution < -0.4 is 4.90 Å². The van der Waals surface area contributed by atoms with Crippen LogP contribution in [0.1, 0.15) is 31.4 Å². The summed E-state index contributed by atoms with van der Waals surface area (Å²) in [4.78, 5) is 2.18. The summed E-state index contributed by atoms with van der Waals surface area (Å²) in [6.45, 7) is 8.42. The smallest absolute Gasteiger partial charge is 0.115 e. The maximum Gasteiger partial charge on any atom is 0.115 e. The van der Waals surface area contributed by atoms with Gasteiger partial charge < -0.3 is 10.0 Å². The van der Waals surface area contributed by atoms with Gasteiger partial charge in [-0.05, 0) is 62.4 Å². The lowest BCUT2D eigenvalue weighted by molar-refractivity contribution is 0.475. The summed E-state index contributed by atoms with van der Waals surface area (Å²) in [7, 11) is 0. The summed E-state index contributed by atoms with van der Waals surface area (Å²) in [5, 5.41) is 9.53. The first kappa shape index (κ1) is 18.6. The molecule has 0 heterocycles. The van der Waals surface area contributed by atoms with Gasteiger partial charge in [-0.2, -0.15) is 0 Å². The Morgan fingerprint density at radius 2 is 0.880 bits per heavy atom. The number of hydrogen-bond donors (Lipinski definition) is 1. The fraction of sp³-hybridized carbons (Fsp3) is 0.217. The monoisotopic (exact) mass is 333 g/mol. The van der Waals surface area contributed by atoms with Crippen LogP contribution in [0.3, 0.4) is 0 Å². The van der Waals surface area contributed by atoms with Crippen LogP contribution in [0.5, 0.6) is 5.75 Å². The zero-order chi connectivity index (χ0) is 18.2. The number of nitrogens with zero attached hydrogens (tertiary/aromatic N) is 1. The van der Waals surface area contributed by atoms with Gasteiger partial charge in [-0.3, -0.25) is 0 Å². The van der Waals surface area contributed by atoms with Crippen LogP contribution in [-0.2, 0) is 0 Å². The normalized spacial score (nSPS) is 9.92. The lowest BCUT2D eigenvalue weighted by Gasteiger charge is -2.25. The standard InChI is InChI=1S/C20H19NO.C3H8/c1-15-3-7-17(8-4-15)21(18-9-5-16(2)6-10-18)19-11-13-20(22)14-12-19;1-3-2/h3-14,22H,1-2H3;3H2,1-2H3. The Labute approximate surface area is 151 Å². The van der Waals surface area contributed by atoms with Crippen molar-refractivity contribution in [3.05, 3.63) is 83.9 Å². The van der Waals surface area contributed by atoms with E-state index in [4.69, 9.17) is 0 Å². The van der Waals surface area contributed by atoms with Gasteiger partial charge in [0.05, 0.1) is 0 Å². The average Bonchev–Trinajstić information content (AvgIpc) is 2.61. The molecule has 0 atom stereocenters. The van der Waals surface area contributed by atoms with Gasteiger partial charge in [-0.15, -0.1) is 0 Å². The Morgan fingerprint density at radius 3 is 1.20 bits per heavy atom. The molecule has 0 fully saturated rings. The summed E-state index contributed by atoms with van der Waals surface area (Å²) in [5.41, 5.74) is 5.68. The van der Waals surface area contributed by atoms with E-state index in [-0.39, 0.29) is 5.75 Å². The minimum Gasteiger partial charge on any atom is -0.508 e. The summed E-state index contributed by atoms with van der Waals surface area (Å²) in [6, 6.07) is 24.2. The third kappa shape index (κ3) is 5.12. The Balaban J connectivity index is 0.000000701. The Hall–Kier alpha value is -2.74. The molecule has 0 aliphatic rings. The largest absolute Gasteiger partial charge is 0.508 e. The first-order valence-electron chi connectivity index (χ1n) is 8.77. The quantitative estimate of drug-likeness (QED) is 0.564. The molecule has 0 aromatic heterocycles. The third-order valence-corrected chi connectivity index (χ3v) is 3.69. The first-order chi connectivity index (χ1) is 12.0. The molecule has 25 heavy (non-hydrogen) atoms. The van der Waals surface area contributed by atoms with Crippen molar-refractivity contribution in [2.24, 2.45) is 0 Å². The lowest BCUT2D eigenvalue weighted by Crippen LogP contribution is -2.09. The molecule has 0 radical (unpaired) electrons. The SMILES string of the molecule is CCC.Cc1ccc(N(c2ccc(C)cc2)c2ccc(O)cc2)cc1. The van der Waals surface area contributed by atoms with E-state index in [1.54, 1.807) is 12.1 Å². The second-order valence-electron chi connectivity index (χ2n) is 6.23. The molecule has 0 aliphatic heterocycles. The van der Waals surface area contributed by atoms with Crippen molar-refractivity contribution < 1.29 is 5.11 Å². The molecule has 3 aromatic rings. The van der Waals surface area contributed by atoms with Gasteiger partial charge in [-0.25, -0.2) is 0 Å². The minimum absolute atomic E-state index is 0.275. The van der Waals surface area contributed by atoms with Gasteiger partial charge in [0.2, 0.25) is 0 Å². The molecule has 0 aliphatic carbocycles. The molecule has 0 saturated carbocycles. The highest BCUT2D eigenvalue weighted by Gasteiger charge is 2.11. The molecule has 0 bridgehead atoms. The predicted molar refractivity (Wildman–Crippen MR) is 108 cm³/mol. The zero-order valence-electron chi connectivity index (χ0n) is 15.5. The number of anilines is 3. The number of phenolic OH excluding ortho intramolecular Hbond substituents is 1. The Morgan fingerprint density at radius 1 is 0.600 bits per heavy atom. The number of aromatic hydroxyl groups is 1. The second-order valence-corrected chi connectivity index (χ2v) is 6.23. The highest BCUT2D eigenvalue weighted by Crippen LogP contribution is 2.35. The van der Waals surface area contributed by atoms with E-state index in [0.29, 0.717) is 0 Å². The zero-order valence-corrected chi connectivity index (χ0v) is 15.5. The first-order valence-corrected chi connectivity index (χ1v) is 8.77. The van der Waals surface area contributed by atoms with Crippen molar-refractivity contribution in [3.8, 4) is 5.75 Å². The Bertz CT molecular complexity index is 651. The molecule has 0 saturated heterocycles. The van der Waals surface area contributed by atoms with Crippen molar-refractivity contribution in [1.29, 1.82) is 0 Å². The van der Waals surface area contributed by atoms with Gasteiger partial charge in [-0.1, -0.05) is 55.7 Å². The van der Waals surface area contributed by atoms with Crippen LogP contribution in [0.25, 0.3) is 0 Å². The van der Waals surface area contributed by atoms with E-state index in [1.165, 1.54) is 17.5 Å². The molecule has 2 nitrogen and oxygen atoms in total. The molecule has 0 amide bonds. The molecular weight excluding hydrogens is 306 g/mol. The van der Waals surface area contributed by atoms with Gasteiger partial charge in [0.15, 0.2) is 0 Å². The van der Waals surface area contributed by atoms with E-state index in [0.717, 1.165) is 17.1 Å². The van der Waals surface area contributed by atoms with Crippen LogP contribution in [0, 0.1) is 13.8 Å². The van der Waals surface area contributed by atoms with Crippen LogP contribution in [0.15, 0.2) is 72.8 Å². The molecule has 0 unspecified atom stereocenters. The fourth-order valence-electron chi connectivity index (χ4n) is 2.44. The fourth-order valence-corrected chi connectivity index (χ4v) is 2.44. The summed E-state index contributed by atoms with van der Waals surface area (Å²) in [6.07, 6.45) is 1.25. The summed E-state index contributed by atoms with van der Waals surface area (Å²) >= 11 is 0. The molecule has 1 N–H and O–H groups in total. The van der Waals surface area contributed by atoms with Crippen molar-refractivity contribution in [2.75, 3.05) is 4.90 Å². The summed E-state index contributed by atoms with van der Waals surface area (Å²) in [5.74, 6) is 0.275. The van der Waals surface area contributed by atoms with E-state index >= 15 is 0 Å². The van der Waals surface area contributed by atoms with Crippen molar-refractivity contribution in [3.63, 3.8) is 0 Å². The van der Waals surface area contributed by atoms with Gasteiger partial charge in [0.1, 0.15) is 5.75 Å². The van der Waals surface area contributed by atoms with Gasteiger partial charge >= 0.3 is 0 Å². The van der Waals surface area contributed by atoms with Crippen molar-refractivity contribution >= 4 is 17.1 Å². The highest BCUT2D eigenvalue weighted by molar-refractivity contribution is 5.76. The topological polar surface area (TPSA) is 23.5 Å². The predicted octanol–water partition coefficient (Wildman–Crippen LogP) is 6.90. The number of aryl methyl sites for hydroxylation is 2. The molecule has 3 aromatic carbocycles. The summed E-state index contributed by atoms with van der Waals surface area (Å²) < 4.78 is 0. The average molecular weight is 333 g/mol. The van der Waals surface area contributed by atoms with Crippen molar-refractivity contribution in [1.82, 2.24) is 0 Å². The number of hydrogen-bond acceptors (Lipinski definition) is 2. The Kier molecular flexibility index (Phi) is 6.64. The van der Waals surface area contributed by atoms with Crippen LogP contribution >= 0.6 is 0 Å². The third-order valence-electron chi connectivity index (χ3n) is 3.69. The van der Waals surface area contributed by atoms with Crippen molar-refractivity contribution in [2.45, 2.75) is 34.1 Å². The van der Waals surface area contributed by atoms with Crippen LogP contribution in [-0.4, -0.2) is 5.11 Å². The molecule has 3 rings (SSSR count). The van der Waals surface area contributed by atoms with Crippen LogP contribution in [0.2, 0.25) is 0 Å². The maximum absolute atomic E-state index is 9.53.